The highest BCUT2D eigenvalue weighted by molar-refractivity contribution is 6.30. The van der Waals surface area contributed by atoms with Crippen LogP contribution in [0.25, 0.3) is 0 Å². The van der Waals surface area contributed by atoms with Gasteiger partial charge in [0.1, 0.15) is 0 Å². The summed E-state index contributed by atoms with van der Waals surface area (Å²) in [5, 5.41) is 4.24. The SMILES string of the molecule is CCC1COC(c2cccc(Cl)c2)CN1. The minimum Gasteiger partial charge on any atom is -0.371 e. The van der Waals surface area contributed by atoms with E-state index in [1.54, 1.807) is 0 Å². The van der Waals surface area contributed by atoms with Crippen molar-refractivity contribution in [2.75, 3.05) is 13.2 Å². The Morgan fingerprint density at radius 1 is 1.53 bits per heavy atom. The maximum atomic E-state index is 5.94. The number of benzene rings is 1. The largest absolute Gasteiger partial charge is 0.371 e. The Balaban J connectivity index is 2.01. The van der Waals surface area contributed by atoms with Crippen molar-refractivity contribution < 1.29 is 4.74 Å². The second-order valence-corrected chi connectivity index (χ2v) is 4.33. The van der Waals surface area contributed by atoms with E-state index in [2.05, 4.69) is 18.3 Å². The molecule has 2 atom stereocenters. The highest BCUT2D eigenvalue weighted by atomic mass is 35.5. The maximum absolute atomic E-state index is 5.94. The summed E-state index contributed by atoms with van der Waals surface area (Å²) in [5.41, 5.74) is 1.16. The quantitative estimate of drug-likeness (QED) is 0.836. The Morgan fingerprint density at radius 3 is 3.00 bits per heavy atom. The molecule has 0 aromatic heterocycles. The predicted octanol–water partition coefficient (Wildman–Crippen LogP) is 2.78. The van der Waals surface area contributed by atoms with Gasteiger partial charge in [-0.2, -0.15) is 0 Å². The highest BCUT2D eigenvalue weighted by Gasteiger charge is 2.20. The molecule has 1 heterocycles. The van der Waals surface area contributed by atoms with Crippen LogP contribution in [0.3, 0.4) is 0 Å². The topological polar surface area (TPSA) is 21.3 Å². The summed E-state index contributed by atoms with van der Waals surface area (Å²) in [5.74, 6) is 0. The average molecular weight is 226 g/mol. The first-order valence-electron chi connectivity index (χ1n) is 5.40. The third kappa shape index (κ3) is 2.71. The smallest absolute Gasteiger partial charge is 0.0950 e. The van der Waals surface area contributed by atoms with E-state index in [1.807, 2.05) is 18.2 Å². The molecule has 1 aromatic rings. The number of nitrogens with one attached hydrogen (secondary N) is 1. The molecule has 1 aromatic carbocycles. The molecule has 1 saturated heterocycles. The first-order valence-corrected chi connectivity index (χ1v) is 5.78. The van der Waals surface area contributed by atoms with Crippen LogP contribution in [0, 0.1) is 0 Å². The number of morpholine rings is 1. The van der Waals surface area contributed by atoms with Crippen LogP contribution in [-0.2, 0) is 4.74 Å². The van der Waals surface area contributed by atoms with Crippen LogP contribution in [0.5, 0.6) is 0 Å². The monoisotopic (exact) mass is 225 g/mol. The average Bonchev–Trinajstić information content (AvgIpc) is 2.29. The third-order valence-electron chi connectivity index (χ3n) is 2.80. The number of hydrogen-bond acceptors (Lipinski definition) is 2. The molecule has 2 unspecified atom stereocenters. The van der Waals surface area contributed by atoms with Gasteiger partial charge in [0.15, 0.2) is 0 Å². The van der Waals surface area contributed by atoms with Gasteiger partial charge in [-0.05, 0) is 24.1 Å². The second kappa shape index (κ2) is 4.97. The zero-order chi connectivity index (χ0) is 10.7. The maximum Gasteiger partial charge on any atom is 0.0950 e. The summed E-state index contributed by atoms with van der Waals surface area (Å²) in [6.45, 7) is 3.83. The van der Waals surface area contributed by atoms with E-state index < -0.39 is 0 Å². The van der Waals surface area contributed by atoms with Gasteiger partial charge in [-0.15, -0.1) is 0 Å². The van der Waals surface area contributed by atoms with Gasteiger partial charge in [0, 0.05) is 17.6 Å². The molecule has 0 radical (unpaired) electrons. The molecule has 2 rings (SSSR count). The normalized spacial score (nSPS) is 26.5. The van der Waals surface area contributed by atoms with E-state index in [9.17, 15) is 0 Å². The van der Waals surface area contributed by atoms with Gasteiger partial charge >= 0.3 is 0 Å². The molecule has 0 bridgehead atoms. The van der Waals surface area contributed by atoms with Gasteiger partial charge in [0.2, 0.25) is 0 Å². The molecule has 1 fully saturated rings. The number of rotatable bonds is 2. The van der Waals surface area contributed by atoms with Gasteiger partial charge in [0.25, 0.3) is 0 Å². The minimum atomic E-state index is 0.145. The van der Waals surface area contributed by atoms with Crippen molar-refractivity contribution in [1.82, 2.24) is 5.32 Å². The molecular formula is C12H16ClNO. The third-order valence-corrected chi connectivity index (χ3v) is 3.04. The van der Waals surface area contributed by atoms with Crippen molar-refractivity contribution in [3.8, 4) is 0 Å². The van der Waals surface area contributed by atoms with Crippen LogP contribution in [-0.4, -0.2) is 19.2 Å². The van der Waals surface area contributed by atoms with Crippen LogP contribution < -0.4 is 5.32 Å². The first-order chi connectivity index (χ1) is 7.29. The summed E-state index contributed by atoms with van der Waals surface area (Å²) in [6.07, 6.45) is 1.26. The summed E-state index contributed by atoms with van der Waals surface area (Å²) in [6, 6.07) is 8.38. The van der Waals surface area contributed by atoms with E-state index in [0.29, 0.717) is 6.04 Å². The van der Waals surface area contributed by atoms with Crippen LogP contribution >= 0.6 is 11.6 Å². The van der Waals surface area contributed by atoms with E-state index >= 15 is 0 Å². The molecular weight excluding hydrogens is 210 g/mol. The van der Waals surface area contributed by atoms with Crippen molar-refractivity contribution in [2.45, 2.75) is 25.5 Å². The standard InChI is InChI=1S/C12H16ClNO/c1-2-11-8-15-12(7-14-11)9-4-3-5-10(13)6-9/h3-6,11-12,14H,2,7-8H2,1H3. The van der Waals surface area contributed by atoms with Gasteiger partial charge in [0.05, 0.1) is 12.7 Å². The number of halogens is 1. The van der Waals surface area contributed by atoms with E-state index in [4.69, 9.17) is 16.3 Å². The minimum absolute atomic E-state index is 0.145. The van der Waals surface area contributed by atoms with Crippen molar-refractivity contribution in [2.24, 2.45) is 0 Å². The lowest BCUT2D eigenvalue weighted by atomic mass is 10.1. The van der Waals surface area contributed by atoms with Crippen molar-refractivity contribution in [3.05, 3.63) is 34.9 Å². The molecule has 3 heteroatoms. The van der Waals surface area contributed by atoms with Crippen LogP contribution in [0.15, 0.2) is 24.3 Å². The molecule has 15 heavy (non-hydrogen) atoms. The summed E-state index contributed by atoms with van der Waals surface area (Å²) >= 11 is 5.94. The van der Waals surface area contributed by atoms with Gasteiger partial charge < -0.3 is 10.1 Å². The fourth-order valence-electron chi connectivity index (χ4n) is 1.81. The van der Waals surface area contributed by atoms with Gasteiger partial charge in [-0.3, -0.25) is 0 Å². The van der Waals surface area contributed by atoms with E-state index in [-0.39, 0.29) is 6.10 Å². The molecule has 82 valence electrons. The van der Waals surface area contributed by atoms with Crippen LogP contribution in [0.4, 0.5) is 0 Å². The lowest BCUT2D eigenvalue weighted by Crippen LogP contribution is -2.42. The lowest BCUT2D eigenvalue weighted by molar-refractivity contribution is 0.00224. The fraction of sp³-hybridized carbons (Fsp3) is 0.500. The second-order valence-electron chi connectivity index (χ2n) is 3.89. The molecule has 0 aliphatic carbocycles. The van der Waals surface area contributed by atoms with Crippen molar-refractivity contribution in [3.63, 3.8) is 0 Å². The summed E-state index contributed by atoms with van der Waals surface area (Å²) in [7, 11) is 0. The highest BCUT2D eigenvalue weighted by Crippen LogP contribution is 2.23. The molecule has 1 aliphatic rings. The fourth-order valence-corrected chi connectivity index (χ4v) is 2.01. The molecule has 2 nitrogen and oxygen atoms in total. The molecule has 1 N–H and O–H groups in total. The van der Waals surface area contributed by atoms with E-state index in [0.717, 1.165) is 30.2 Å². The Kier molecular flexibility index (Phi) is 3.62. The number of hydrogen-bond donors (Lipinski definition) is 1. The summed E-state index contributed by atoms with van der Waals surface area (Å²) in [4.78, 5) is 0. The lowest BCUT2D eigenvalue weighted by Gasteiger charge is -2.30. The Morgan fingerprint density at radius 2 is 2.40 bits per heavy atom. The molecule has 0 saturated carbocycles. The Labute approximate surface area is 95.6 Å². The zero-order valence-corrected chi connectivity index (χ0v) is 9.63. The molecule has 1 aliphatic heterocycles. The van der Waals surface area contributed by atoms with Crippen LogP contribution in [0.1, 0.15) is 25.0 Å². The molecule has 0 spiro atoms. The zero-order valence-electron chi connectivity index (χ0n) is 8.87. The van der Waals surface area contributed by atoms with Gasteiger partial charge in [-0.25, -0.2) is 0 Å². The van der Waals surface area contributed by atoms with Gasteiger partial charge in [-0.1, -0.05) is 30.7 Å². The number of ether oxygens (including phenoxy) is 1. The Hall–Kier alpha value is -0.570. The van der Waals surface area contributed by atoms with Crippen molar-refractivity contribution >= 4 is 11.6 Å². The molecule has 0 amide bonds. The van der Waals surface area contributed by atoms with Crippen molar-refractivity contribution in [1.29, 1.82) is 0 Å². The predicted molar refractivity (Wildman–Crippen MR) is 62.2 cm³/mol. The Bertz CT molecular complexity index is 321. The van der Waals surface area contributed by atoms with Crippen LogP contribution in [0.2, 0.25) is 5.02 Å². The van der Waals surface area contributed by atoms with E-state index in [1.165, 1.54) is 0 Å². The first kappa shape index (κ1) is 10.9. The summed E-state index contributed by atoms with van der Waals surface area (Å²) < 4.78 is 5.80.